The van der Waals surface area contributed by atoms with E-state index in [-0.39, 0.29) is 23.1 Å². The largest absolute Gasteiger partial charge is 0.416 e. The van der Waals surface area contributed by atoms with E-state index in [0.717, 1.165) is 12.1 Å². The van der Waals surface area contributed by atoms with Crippen LogP contribution in [0.2, 0.25) is 0 Å². The van der Waals surface area contributed by atoms with E-state index in [1.165, 1.54) is 29.4 Å². The Hall–Kier alpha value is -3.42. The molecule has 0 bridgehead atoms. The van der Waals surface area contributed by atoms with Crippen LogP contribution in [0.1, 0.15) is 15.9 Å². The lowest BCUT2D eigenvalue weighted by molar-refractivity contribution is -0.137. The molecule has 8 heteroatoms. The Morgan fingerprint density at radius 1 is 1.00 bits per heavy atom. The standard InChI is InChI=1S/C19H15F3N4O/c1-26(16-8-3-2-4-9-16)17(27)13-11-23-18(24-12-13)25-15-7-5-6-14(10-15)19(20,21)22/h2-12H,1H3,(H,23,24,25). The number of carbonyl (C=O) groups is 1. The molecule has 1 amide bonds. The Labute approximate surface area is 153 Å². The van der Waals surface area contributed by atoms with Crippen LogP contribution in [-0.2, 0) is 6.18 Å². The molecule has 1 heterocycles. The quantitative estimate of drug-likeness (QED) is 0.732. The van der Waals surface area contributed by atoms with E-state index in [1.807, 2.05) is 18.2 Å². The molecule has 0 aliphatic heterocycles. The smallest absolute Gasteiger partial charge is 0.324 e. The van der Waals surface area contributed by atoms with E-state index < -0.39 is 11.7 Å². The number of halogens is 3. The molecule has 3 aromatic rings. The fraction of sp³-hybridized carbons (Fsp3) is 0.105. The summed E-state index contributed by atoms with van der Waals surface area (Å²) in [5.41, 5.74) is 0.402. The number of nitrogens with one attached hydrogen (secondary N) is 1. The number of alkyl halides is 3. The van der Waals surface area contributed by atoms with Crippen molar-refractivity contribution in [1.29, 1.82) is 0 Å². The Balaban J connectivity index is 1.73. The number of rotatable bonds is 4. The van der Waals surface area contributed by atoms with E-state index in [0.29, 0.717) is 5.69 Å². The van der Waals surface area contributed by atoms with E-state index in [9.17, 15) is 18.0 Å². The lowest BCUT2D eigenvalue weighted by Gasteiger charge is -2.17. The lowest BCUT2D eigenvalue weighted by Crippen LogP contribution is -2.26. The maximum atomic E-state index is 12.8. The zero-order valence-electron chi connectivity index (χ0n) is 14.2. The van der Waals surface area contributed by atoms with Gasteiger partial charge in [-0.2, -0.15) is 13.2 Å². The monoisotopic (exact) mass is 372 g/mol. The Kier molecular flexibility index (Phi) is 5.07. The highest BCUT2D eigenvalue weighted by Gasteiger charge is 2.30. The van der Waals surface area contributed by atoms with Crippen molar-refractivity contribution in [3.63, 3.8) is 0 Å². The summed E-state index contributed by atoms with van der Waals surface area (Å²) in [6.45, 7) is 0. The summed E-state index contributed by atoms with van der Waals surface area (Å²) >= 11 is 0. The minimum absolute atomic E-state index is 0.0910. The molecule has 0 fully saturated rings. The van der Waals surface area contributed by atoms with Gasteiger partial charge in [-0.1, -0.05) is 24.3 Å². The van der Waals surface area contributed by atoms with Gasteiger partial charge in [0, 0.05) is 30.8 Å². The number of anilines is 3. The molecule has 27 heavy (non-hydrogen) atoms. The third-order valence-corrected chi connectivity index (χ3v) is 3.79. The van der Waals surface area contributed by atoms with Crippen LogP contribution < -0.4 is 10.2 Å². The summed E-state index contributed by atoms with van der Waals surface area (Å²) in [7, 11) is 1.63. The third-order valence-electron chi connectivity index (χ3n) is 3.79. The van der Waals surface area contributed by atoms with Gasteiger partial charge < -0.3 is 10.2 Å². The van der Waals surface area contributed by atoms with Gasteiger partial charge in [0.2, 0.25) is 5.95 Å². The maximum absolute atomic E-state index is 12.8. The van der Waals surface area contributed by atoms with Crippen molar-refractivity contribution in [2.24, 2.45) is 0 Å². The Morgan fingerprint density at radius 2 is 1.67 bits per heavy atom. The summed E-state index contributed by atoms with van der Waals surface area (Å²) in [5, 5.41) is 2.70. The maximum Gasteiger partial charge on any atom is 0.416 e. The second kappa shape index (κ2) is 7.45. The third kappa shape index (κ3) is 4.41. The second-order valence-corrected chi connectivity index (χ2v) is 5.70. The molecule has 1 aromatic heterocycles. The molecular weight excluding hydrogens is 357 g/mol. The van der Waals surface area contributed by atoms with Gasteiger partial charge in [-0.15, -0.1) is 0 Å². The van der Waals surface area contributed by atoms with Gasteiger partial charge in [-0.05, 0) is 30.3 Å². The predicted octanol–water partition coefficient (Wildman–Crippen LogP) is 4.52. The van der Waals surface area contributed by atoms with Crippen LogP contribution in [-0.4, -0.2) is 22.9 Å². The number of nitrogens with zero attached hydrogens (tertiary/aromatic N) is 3. The fourth-order valence-corrected chi connectivity index (χ4v) is 2.37. The molecule has 2 aromatic carbocycles. The van der Waals surface area contributed by atoms with Gasteiger partial charge in [0.1, 0.15) is 0 Å². The number of aromatic nitrogens is 2. The van der Waals surface area contributed by atoms with Crippen LogP contribution >= 0.6 is 0 Å². The first kappa shape index (κ1) is 18.4. The van der Waals surface area contributed by atoms with Crippen LogP contribution in [0.5, 0.6) is 0 Å². The first-order chi connectivity index (χ1) is 12.8. The van der Waals surface area contributed by atoms with Crippen molar-refractivity contribution < 1.29 is 18.0 Å². The van der Waals surface area contributed by atoms with Crippen LogP contribution in [0.15, 0.2) is 67.0 Å². The molecule has 3 rings (SSSR count). The molecular formula is C19H15F3N4O. The average Bonchev–Trinajstić information content (AvgIpc) is 2.68. The van der Waals surface area contributed by atoms with Crippen molar-refractivity contribution in [2.75, 3.05) is 17.3 Å². The van der Waals surface area contributed by atoms with E-state index in [4.69, 9.17) is 0 Å². The van der Waals surface area contributed by atoms with Gasteiger partial charge in [-0.3, -0.25) is 4.79 Å². The molecule has 138 valence electrons. The van der Waals surface area contributed by atoms with Crippen molar-refractivity contribution in [1.82, 2.24) is 9.97 Å². The minimum atomic E-state index is -4.43. The Bertz CT molecular complexity index is 928. The number of hydrogen-bond donors (Lipinski definition) is 1. The van der Waals surface area contributed by atoms with Crippen LogP contribution in [0.3, 0.4) is 0 Å². The summed E-state index contributed by atoms with van der Waals surface area (Å²) in [4.78, 5) is 22.0. The highest BCUT2D eigenvalue weighted by Crippen LogP contribution is 2.31. The number of hydrogen-bond acceptors (Lipinski definition) is 4. The molecule has 0 atom stereocenters. The summed E-state index contributed by atoms with van der Waals surface area (Å²) in [6, 6.07) is 13.8. The first-order valence-electron chi connectivity index (χ1n) is 7.94. The molecule has 0 saturated carbocycles. The highest BCUT2D eigenvalue weighted by molar-refractivity contribution is 6.05. The van der Waals surface area contributed by atoms with Crippen molar-refractivity contribution in [2.45, 2.75) is 6.18 Å². The average molecular weight is 372 g/mol. The fourth-order valence-electron chi connectivity index (χ4n) is 2.37. The second-order valence-electron chi connectivity index (χ2n) is 5.70. The molecule has 1 N–H and O–H groups in total. The first-order valence-corrected chi connectivity index (χ1v) is 7.94. The van der Waals surface area contributed by atoms with Gasteiger partial charge in [0.25, 0.3) is 5.91 Å². The SMILES string of the molecule is CN(C(=O)c1cnc(Nc2cccc(C(F)(F)F)c2)nc1)c1ccccc1. The molecule has 0 spiro atoms. The zero-order valence-corrected chi connectivity index (χ0v) is 14.2. The van der Waals surface area contributed by atoms with Crippen LogP contribution in [0.25, 0.3) is 0 Å². The van der Waals surface area contributed by atoms with Crippen LogP contribution in [0, 0.1) is 0 Å². The normalized spacial score (nSPS) is 11.1. The minimum Gasteiger partial charge on any atom is -0.324 e. The number of benzene rings is 2. The molecule has 0 radical (unpaired) electrons. The summed E-state index contributed by atoms with van der Waals surface area (Å²) in [6.07, 6.45) is -1.79. The molecule has 0 aliphatic carbocycles. The summed E-state index contributed by atoms with van der Waals surface area (Å²) < 4.78 is 38.3. The van der Waals surface area contributed by atoms with E-state index in [1.54, 1.807) is 19.2 Å². The predicted molar refractivity (Wildman–Crippen MR) is 95.9 cm³/mol. The summed E-state index contributed by atoms with van der Waals surface area (Å²) in [5.74, 6) is -0.208. The van der Waals surface area contributed by atoms with Gasteiger partial charge in [0.05, 0.1) is 11.1 Å². The van der Waals surface area contributed by atoms with Gasteiger partial charge >= 0.3 is 6.18 Å². The van der Waals surface area contributed by atoms with Crippen molar-refractivity contribution in [3.05, 3.63) is 78.1 Å². The zero-order chi connectivity index (χ0) is 19.4. The molecule has 0 aliphatic rings. The number of carbonyl (C=O) groups excluding carboxylic acids is 1. The van der Waals surface area contributed by atoms with Crippen LogP contribution in [0.4, 0.5) is 30.5 Å². The van der Waals surface area contributed by atoms with Crippen molar-refractivity contribution >= 4 is 23.2 Å². The number of para-hydroxylation sites is 1. The van der Waals surface area contributed by atoms with E-state index >= 15 is 0 Å². The highest BCUT2D eigenvalue weighted by atomic mass is 19.4. The lowest BCUT2D eigenvalue weighted by atomic mass is 10.2. The van der Waals surface area contributed by atoms with Gasteiger partial charge in [-0.25, -0.2) is 9.97 Å². The number of amides is 1. The van der Waals surface area contributed by atoms with Gasteiger partial charge in [0.15, 0.2) is 0 Å². The molecule has 0 unspecified atom stereocenters. The molecule has 0 saturated heterocycles. The Morgan fingerprint density at radius 3 is 2.30 bits per heavy atom. The van der Waals surface area contributed by atoms with E-state index in [2.05, 4.69) is 15.3 Å². The molecule has 5 nitrogen and oxygen atoms in total. The van der Waals surface area contributed by atoms with Crippen molar-refractivity contribution in [3.8, 4) is 0 Å². The topological polar surface area (TPSA) is 58.1 Å².